The first-order chi connectivity index (χ1) is 9.27. The standard InChI is InChI=1S/C17H37NO/c1-3-4-5-6-7-8-9-10-11-12-13-14-15-16-17-18(2)19/h19H,3-17H2,1-2H3. The molecule has 0 fully saturated rings. The van der Waals surface area contributed by atoms with E-state index in [2.05, 4.69) is 6.92 Å². The van der Waals surface area contributed by atoms with Crippen molar-refractivity contribution in [3.8, 4) is 0 Å². The predicted octanol–water partition coefficient (Wildman–Crippen LogP) is 5.79. The summed E-state index contributed by atoms with van der Waals surface area (Å²) in [5, 5.41) is 10.3. The monoisotopic (exact) mass is 271 g/mol. The highest BCUT2D eigenvalue weighted by atomic mass is 16.5. The fraction of sp³-hybridized carbons (Fsp3) is 1.00. The molecule has 2 nitrogen and oxygen atoms in total. The van der Waals surface area contributed by atoms with Crippen LogP contribution in [0.1, 0.15) is 96.8 Å². The predicted molar refractivity (Wildman–Crippen MR) is 84.7 cm³/mol. The van der Waals surface area contributed by atoms with E-state index in [0.29, 0.717) is 0 Å². The Morgan fingerprint density at radius 2 is 0.895 bits per heavy atom. The molecule has 0 amide bonds. The molecule has 0 aliphatic carbocycles. The van der Waals surface area contributed by atoms with Gasteiger partial charge in [-0.25, -0.2) is 0 Å². The van der Waals surface area contributed by atoms with Crippen LogP contribution in [0.25, 0.3) is 0 Å². The van der Waals surface area contributed by atoms with Crippen molar-refractivity contribution in [2.45, 2.75) is 96.8 Å². The Kier molecular flexibility index (Phi) is 15.9. The van der Waals surface area contributed by atoms with Crippen molar-refractivity contribution < 1.29 is 5.21 Å². The maximum Gasteiger partial charge on any atom is 0.0235 e. The van der Waals surface area contributed by atoms with Gasteiger partial charge in [0.2, 0.25) is 0 Å². The number of rotatable bonds is 15. The normalized spacial score (nSPS) is 11.4. The molecule has 0 aromatic rings. The van der Waals surface area contributed by atoms with Crippen LogP contribution in [0.5, 0.6) is 0 Å². The molecule has 19 heavy (non-hydrogen) atoms. The smallest absolute Gasteiger partial charge is 0.0235 e. The molecule has 0 heterocycles. The summed E-state index contributed by atoms with van der Waals surface area (Å²) in [7, 11) is 1.72. The van der Waals surface area contributed by atoms with E-state index in [1.807, 2.05) is 0 Å². The fourth-order valence-corrected chi connectivity index (χ4v) is 2.54. The van der Waals surface area contributed by atoms with Crippen molar-refractivity contribution in [3.63, 3.8) is 0 Å². The second-order valence-corrected chi connectivity index (χ2v) is 5.98. The van der Waals surface area contributed by atoms with Gasteiger partial charge in [0.1, 0.15) is 0 Å². The van der Waals surface area contributed by atoms with Gasteiger partial charge >= 0.3 is 0 Å². The van der Waals surface area contributed by atoms with E-state index in [9.17, 15) is 0 Å². The molecule has 116 valence electrons. The third-order valence-electron chi connectivity index (χ3n) is 3.84. The largest absolute Gasteiger partial charge is 0.314 e. The Morgan fingerprint density at radius 3 is 1.21 bits per heavy atom. The first-order valence-corrected chi connectivity index (χ1v) is 8.67. The maximum atomic E-state index is 8.98. The quantitative estimate of drug-likeness (QED) is 0.301. The second-order valence-electron chi connectivity index (χ2n) is 5.98. The summed E-state index contributed by atoms with van der Waals surface area (Å²) in [6.45, 7) is 3.10. The lowest BCUT2D eigenvalue weighted by atomic mass is 10.0. The third kappa shape index (κ3) is 17.9. The lowest BCUT2D eigenvalue weighted by Gasteiger charge is -2.07. The zero-order valence-corrected chi connectivity index (χ0v) is 13.5. The van der Waals surface area contributed by atoms with E-state index in [1.165, 1.54) is 88.5 Å². The summed E-state index contributed by atoms with van der Waals surface area (Å²) < 4.78 is 0. The summed E-state index contributed by atoms with van der Waals surface area (Å²) >= 11 is 0. The molecular formula is C17H37NO. The Balaban J connectivity index is 2.91. The van der Waals surface area contributed by atoms with Gasteiger partial charge in [-0.05, 0) is 6.42 Å². The van der Waals surface area contributed by atoms with Gasteiger partial charge in [-0.15, -0.1) is 0 Å². The molecule has 0 spiro atoms. The van der Waals surface area contributed by atoms with Crippen LogP contribution in [-0.2, 0) is 0 Å². The number of hydrogen-bond acceptors (Lipinski definition) is 2. The average Bonchev–Trinajstić information content (AvgIpc) is 2.39. The average molecular weight is 271 g/mol. The van der Waals surface area contributed by atoms with Gasteiger partial charge in [-0.1, -0.05) is 90.4 Å². The van der Waals surface area contributed by atoms with Gasteiger partial charge < -0.3 is 5.21 Å². The van der Waals surface area contributed by atoms with E-state index >= 15 is 0 Å². The number of hydrogen-bond donors (Lipinski definition) is 1. The second kappa shape index (κ2) is 16.0. The van der Waals surface area contributed by atoms with E-state index in [1.54, 1.807) is 7.05 Å². The number of nitrogens with zero attached hydrogens (tertiary/aromatic N) is 1. The van der Waals surface area contributed by atoms with Crippen molar-refractivity contribution in [3.05, 3.63) is 0 Å². The van der Waals surface area contributed by atoms with Gasteiger partial charge in [0.15, 0.2) is 0 Å². The van der Waals surface area contributed by atoms with Gasteiger partial charge in [-0.3, -0.25) is 0 Å². The minimum absolute atomic E-state index is 0.817. The molecule has 0 aliphatic heterocycles. The minimum Gasteiger partial charge on any atom is -0.314 e. The van der Waals surface area contributed by atoms with Crippen molar-refractivity contribution in [2.24, 2.45) is 0 Å². The Bertz CT molecular complexity index is 159. The summed E-state index contributed by atoms with van der Waals surface area (Å²) in [6, 6.07) is 0. The first kappa shape index (κ1) is 18.9. The van der Waals surface area contributed by atoms with E-state index in [-0.39, 0.29) is 0 Å². The van der Waals surface area contributed by atoms with Crippen molar-refractivity contribution in [1.29, 1.82) is 0 Å². The molecular weight excluding hydrogens is 234 g/mol. The lowest BCUT2D eigenvalue weighted by Crippen LogP contribution is -2.13. The van der Waals surface area contributed by atoms with Crippen LogP contribution >= 0.6 is 0 Å². The molecule has 0 atom stereocenters. The zero-order chi connectivity index (χ0) is 14.2. The van der Waals surface area contributed by atoms with Gasteiger partial charge in [0.25, 0.3) is 0 Å². The van der Waals surface area contributed by atoms with Gasteiger partial charge in [0, 0.05) is 13.6 Å². The van der Waals surface area contributed by atoms with Crippen LogP contribution < -0.4 is 0 Å². The summed E-state index contributed by atoms with van der Waals surface area (Å²) in [5.41, 5.74) is 0. The number of hydroxylamine groups is 2. The van der Waals surface area contributed by atoms with Crippen LogP contribution in [0.15, 0.2) is 0 Å². The highest BCUT2D eigenvalue weighted by molar-refractivity contribution is 4.49. The highest BCUT2D eigenvalue weighted by Crippen LogP contribution is 2.12. The molecule has 0 aromatic heterocycles. The van der Waals surface area contributed by atoms with Gasteiger partial charge in [0.05, 0.1) is 0 Å². The molecule has 2 heteroatoms. The molecule has 0 saturated carbocycles. The van der Waals surface area contributed by atoms with Gasteiger partial charge in [-0.2, -0.15) is 5.06 Å². The highest BCUT2D eigenvalue weighted by Gasteiger charge is 1.95. The number of unbranched alkanes of at least 4 members (excludes halogenated alkanes) is 13. The summed E-state index contributed by atoms with van der Waals surface area (Å²) in [4.78, 5) is 0. The summed E-state index contributed by atoms with van der Waals surface area (Å²) in [6.07, 6.45) is 19.4. The zero-order valence-electron chi connectivity index (χ0n) is 13.5. The fourth-order valence-electron chi connectivity index (χ4n) is 2.54. The Hall–Kier alpha value is -0.0800. The SMILES string of the molecule is CCCCCCCCCCCCCCCCN(C)O. The van der Waals surface area contributed by atoms with Crippen LogP contribution in [0.4, 0.5) is 0 Å². The van der Waals surface area contributed by atoms with Crippen LogP contribution in [0.2, 0.25) is 0 Å². The van der Waals surface area contributed by atoms with Crippen molar-refractivity contribution >= 4 is 0 Å². The van der Waals surface area contributed by atoms with Crippen LogP contribution in [0.3, 0.4) is 0 Å². The maximum absolute atomic E-state index is 8.98. The third-order valence-corrected chi connectivity index (χ3v) is 3.84. The van der Waals surface area contributed by atoms with Crippen LogP contribution in [-0.4, -0.2) is 23.9 Å². The molecule has 1 N–H and O–H groups in total. The van der Waals surface area contributed by atoms with E-state index < -0.39 is 0 Å². The molecule has 0 rings (SSSR count). The summed E-state index contributed by atoms with van der Waals surface area (Å²) in [5.74, 6) is 0. The molecule has 0 aliphatic rings. The van der Waals surface area contributed by atoms with E-state index in [4.69, 9.17) is 5.21 Å². The van der Waals surface area contributed by atoms with Crippen molar-refractivity contribution in [2.75, 3.05) is 13.6 Å². The molecule has 0 bridgehead atoms. The Morgan fingerprint density at radius 1 is 0.579 bits per heavy atom. The molecule has 0 radical (unpaired) electrons. The topological polar surface area (TPSA) is 23.5 Å². The first-order valence-electron chi connectivity index (χ1n) is 8.67. The lowest BCUT2D eigenvalue weighted by molar-refractivity contribution is -0.0655. The van der Waals surface area contributed by atoms with Crippen LogP contribution in [0, 0.1) is 0 Å². The molecule has 0 unspecified atom stereocenters. The minimum atomic E-state index is 0.817. The molecule has 0 saturated heterocycles. The van der Waals surface area contributed by atoms with E-state index in [0.717, 1.165) is 13.0 Å². The Labute approximate surface area is 121 Å². The molecule has 0 aromatic carbocycles. The van der Waals surface area contributed by atoms with Crippen molar-refractivity contribution in [1.82, 2.24) is 5.06 Å².